The van der Waals surface area contributed by atoms with E-state index in [-0.39, 0.29) is 17.3 Å². The zero-order valence-electron chi connectivity index (χ0n) is 16.4. The summed E-state index contributed by atoms with van der Waals surface area (Å²) in [6.07, 6.45) is 6.33. The summed E-state index contributed by atoms with van der Waals surface area (Å²) in [6, 6.07) is 5.73. The molecule has 1 unspecified atom stereocenters. The van der Waals surface area contributed by atoms with Gasteiger partial charge in [0.15, 0.2) is 0 Å². The first-order valence-corrected chi connectivity index (χ1v) is 10.5. The van der Waals surface area contributed by atoms with Gasteiger partial charge >= 0.3 is 0 Å². The molecule has 3 aliphatic heterocycles. The second kappa shape index (κ2) is 8.19. The molecule has 1 atom stereocenters. The van der Waals surface area contributed by atoms with Gasteiger partial charge in [0.2, 0.25) is 5.91 Å². The van der Waals surface area contributed by atoms with E-state index in [2.05, 4.69) is 0 Å². The maximum atomic E-state index is 13.1. The van der Waals surface area contributed by atoms with Gasteiger partial charge in [-0.1, -0.05) is 0 Å². The molecule has 28 heavy (non-hydrogen) atoms. The summed E-state index contributed by atoms with van der Waals surface area (Å²) < 4.78 is 19.3. The van der Waals surface area contributed by atoms with E-state index >= 15 is 0 Å². The largest absolute Gasteiger partial charge is 0.375 e. The van der Waals surface area contributed by atoms with Crippen molar-refractivity contribution in [3.8, 4) is 0 Å². The Morgan fingerprint density at radius 1 is 1.04 bits per heavy atom. The minimum atomic E-state index is -0.334. The van der Waals surface area contributed by atoms with Crippen LogP contribution in [0.1, 0.15) is 55.3 Å². The molecule has 1 aromatic rings. The molecule has 3 heterocycles. The molecule has 0 N–H and O–H groups in total. The average molecular weight is 388 g/mol. The first-order chi connectivity index (χ1) is 13.5. The number of amides is 2. The Balaban J connectivity index is 1.32. The van der Waals surface area contributed by atoms with Crippen molar-refractivity contribution in [1.82, 2.24) is 9.80 Å². The molecule has 152 valence electrons. The first-order valence-electron chi connectivity index (χ1n) is 10.5. The van der Waals surface area contributed by atoms with Gasteiger partial charge in [0.05, 0.1) is 5.60 Å². The number of hydrogen-bond acceptors (Lipinski definition) is 3. The lowest BCUT2D eigenvalue weighted by molar-refractivity contribution is -0.140. The molecule has 0 saturated carbocycles. The molecule has 1 spiro atoms. The van der Waals surface area contributed by atoms with Gasteiger partial charge in [0, 0.05) is 44.8 Å². The smallest absolute Gasteiger partial charge is 0.253 e. The monoisotopic (exact) mass is 388 g/mol. The van der Waals surface area contributed by atoms with Crippen molar-refractivity contribution in [2.24, 2.45) is 5.92 Å². The topological polar surface area (TPSA) is 49.9 Å². The van der Waals surface area contributed by atoms with Gasteiger partial charge in [0.1, 0.15) is 5.82 Å². The number of benzene rings is 1. The van der Waals surface area contributed by atoms with Crippen LogP contribution in [0.5, 0.6) is 0 Å². The van der Waals surface area contributed by atoms with Gasteiger partial charge in [-0.15, -0.1) is 0 Å². The Bertz CT molecular complexity index is 707. The van der Waals surface area contributed by atoms with E-state index in [1.165, 1.54) is 12.1 Å². The van der Waals surface area contributed by atoms with Crippen molar-refractivity contribution >= 4 is 11.8 Å². The second-order valence-electron chi connectivity index (χ2n) is 8.48. The third kappa shape index (κ3) is 4.22. The number of rotatable bonds is 3. The van der Waals surface area contributed by atoms with Crippen LogP contribution in [0.15, 0.2) is 24.3 Å². The zero-order chi connectivity index (χ0) is 19.6. The first kappa shape index (κ1) is 19.4. The molecule has 6 heteroatoms. The minimum Gasteiger partial charge on any atom is -0.375 e. The number of nitrogens with zero attached hydrogens (tertiary/aromatic N) is 2. The number of hydrogen-bond donors (Lipinski definition) is 0. The highest BCUT2D eigenvalue weighted by Crippen LogP contribution is 2.39. The Labute approximate surface area is 165 Å². The van der Waals surface area contributed by atoms with E-state index in [0.29, 0.717) is 43.5 Å². The summed E-state index contributed by atoms with van der Waals surface area (Å²) in [7, 11) is 0. The summed E-state index contributed by atoms with van der Waals surface area (Å²) in [5.74, 6) is 0.287. The Morgan fingerprint density at radius 2 is 1.71 bits per heavy atom. The highest BCUT2D eigenvalue weighted by molar-refractivity contribution is 5.94. The van der Waals surface area contributed by atoms with Crippen LogP contribution in [-0.4, -0.2) is 60.0 Å². The summed E-state index contributed by atoms with van der Waals surface area (Å²) in [5, 5.41) is 0. The number of carbonyl (C=O) groups excluding carboxylic acids is 2. The van der Waals surface area contributed by atoms with Crippen molar-refractivity contribution in [2.45, 2.75) is 50.5 Å². The molecule has 3 saturated heterocycles. The Hall–Kier alpha value is -1.95. The van der Waals surface area contributed by atoms with Gasteiger partial charge in [-0.2, -0.15) is 0 Å². The van der Waals surface area contributed by atoms with Crippen LogP contribution in [-0.2, 0) is 9.53 Å². The van der Waals surface area contributed by atoms with Crippen LogP contribution >= 0.6 is 0 Å². The standard InChI is InChI=1S/C22H29FN2O3/c23-19-5-3-18(4-6-19)21(27)25-12-8-22(9-13-25)16-17(7-14-28-22)15-20(26)24-10-1-2-11-24/h3-6,17H,1-2,7-16H2. The third-order valence-corrected chi connectivity index (χ3v) is 6.57. The van der Waals surface area contributed by atoms with E-state index in [1.807, 2.05) is 9.80 Å². The fourth-order valence-electron chi connectivity index (χ4n) is 4.89. The molecule has 5 nitrogen and oxygen atoms in total. The second-order valence-corrected chi connectivity index (χ2v) is 8.48. The van der Waals surface area contributed by atoms with Crippen molar-refractivity contribution in [3.63, 3.8) is 0 Å². The molecule has 3 aliphatic rings. The molecule has 0 aromatic heterocycles. The van der Waals surface area contributed by atoms with Gasteiger partial charge in [-0.05, 0) is 68.7 Å². The van der Waals surface area contributed by atoms with E-state index in [0.717, 1.165) is 51.6 Å². The molecule has 4 rings (SSSR count). The van der Waals surface area contributed by atoms with Gasteiger partial charge in [-0.25, -0.2) is 4.39 Å². The number of piperidine rings is 1. The van der Waals surface area contributed by atoms with E-state index < -0.39 is 0 Å². The van der Waals surface area contributed by atoms with Crippen LogP contribution in [0.3, 0.4) is 0 Å². The van der Waals surface area contributed by atoms with Crippen molar-refractivity contribution in [2.75, 3.05) is 32.8 Å². The zero-order valence-corrected chi connectivity index (χ0v) is 16.4. The van der Waals surface area contributed by atoms with Crippen LogP contribution in [0.4, 0.5) is 4.39 Å². The summed E-state index contributed by atoms with van der Waals surface area (Å²) in [6.45, 7) is 3.80. The third-order valence-electron chi connectivity index (χ3n) is 6.57. The van der Waals surface area contributed by atoms with E-state index in [4.69, 9.17) is 4.74 Å². The summed E-state index contributed by atoms with van der Waals surface area (Å²) >= 11 is 0. The molecule has 0 radical (unpaired) electrons. The van der Waals surface area contributed by atoms with Crippen LogP contribution in [0, 0.1) is 11.7 Å². The van der Waals surface area contributed by atoms with Gasteiger partial charge < -0.3 is 14.5 Å². The fraction of sp³-hybridized carbons (Fsp3) is 0.636. The van der Waals surface area contributed by atoms with Crippen molar-refractivity contribution in [1.29, 1.82) is 0 Å². The predicted octanol–water partition coefficient (Wildman–Crippen LogP) is 3.24. The quantitative estimate of drug-likeness (QED) is 0.799. The van der Waals surface area contributed by atoms with Crippen LogP contribution in [0.25, 0.3) is 0 Å². The van der Waals surface area contributed by atoms with Crippen molar-refractivity contribution in [3.05, 3.63) is 35.6 Å². The van der Waals surface area contributed by atoms with Crippen LogP contribution < -0.4 is 0 Å². The van der Waals surface area contributed by atoms with E-state index in [9.17, 15) is 14.0 Å². The fourth-order valence-corrected chi connectivity index (χ4v) is 4.89. The predicted molar refractivity (Wildman–Crippen MR) is 103 cm³/mol. The molecule has 1 aromatic carbocycles. The number of carbonyl (C=O) groups is 2. The molecule has 0 bridgehead atoms. The molecule has 3 fully saturated rings. The highest BCUT2D eigenvalue weighted by Gasteiger charge is 2.42. The average Bonchev–Trinajstić information content (AvgIpc) is 3.24. The minimum absolute atomic E-state index is 0.0496. The lowest BCUT2D eigenvalue weighted by atomic mass is 9.78. The van der Waals surface area contributed by atoms with Crippen LogP contribution in [0.2, 0.25) is 0 Å². The molecule has 2 amide bonds. The lowest BCUT2D eigenvalue weighted by Gasteiger charge is -2.46. The maximum absolute atomic E-state index is 13.1. The lowest BCUT2D eigenvalue weighted by Crippen LogP contribution is -2.51. The highest BCUT2D eigenvalue weighted by atomic mass is 19.1. The Kier molecular flexibility index (Phi) is 5.67. The number of likely N-dealkylation sites (tertiary alicyclic amines) is 2. The van der Waals surface area contributed by atoms with Gasteiger partial charge in [0.25, 0.3) is 5.91 Å². The van der Waals surface area contributed by atoms with Crippen molar-refractivity contribution < 1.29 is 18.7 Å². The van der Waals surface area contributed by atoms with Gasteiger partial charge in [-0.3, -0.25) is 9.59 Å². The molecular weight excluding hydrogens is 359 g/mol. The Morgan fingerprint density at radius 3 is 2.39 bits per heavy atom. The summed E-state index contributed by atoms with van der Waals surface area (Å²) in [5.41, 5.74) is 0.323. The number of ether oxygens (including phenoxy) is 1. The summed E-state index contributed by atoms with van der Waals surface area (Å²) in [4.78, 5) is 29.0. The normalized spacial score (nSPS) is 24.5. The maximum Gasteiger partial charge on any atom is 0.253 e. The number of halogens is 1. The van der Waals surface area contributed by atoms with E-state index in [1.54, 1.807) is 12.1 Å². The molecule has 0 aliphatic carbocycles. The molecular formula is C22H29FN2O3. The SMILES string of the molecule is O=C(CC1CCOC2(CCN(C(=O)c3ccc(F)cc3)CC2)C1)N1CCCC1.